The predicted molar refractivity (Wildman–Crippen MR) is 45.4 cm³/mol. The molecule has 0 radical (unpaired) electrons. The molecule has 60 valence electrons. The van der Waals surface area contributed by atoms with E-state index in [0.717, 1.165) is 0 Å². The van der Waals surface area contributed by atoms with E-state index in [1.54, 1.807) is 0 Å². The molecule has 0 spiro atoms. The highest BCUT2D eigenvalue weighted by molar-refractivity contribution is 6.23. The first-order valence-electron chi connectivity index (χ1n) is 4.05. The monoisotopic (exact) mass is 161 g/mol. The molecule has 0 aliphatic carbocycles. The van der Waals surface area contributed by atoms with Gasteiger partial charge in [-0.3, -0.25) is 4.90 Å². The molecule has 1 saturated heterocycles. The zero-order valence-corrected chi connectivity index (χ0v) is 7.62. The van der Waals surface area contributed by atoms with Crippen molar-refractivity contribution in [2.45, 2.75) is 38.1 Å². The smallest absolute Gasteiger partial charge is 0.0903 e. The van der Waals surface area contributed by atoms with E-state index in [1.807, 2.05) is 0 Å². The van der Waals surface area contributed by atoms with Crippen molar-refractivity contribution < 1.29 is 0 Å². The number of nitrogens with zero attached hydrogens (tertiary/aromatic N) is 1. The van der Waals surface area contributed by atoms with Gasteiger partial charge in [0.05, 0.1) is 5.00 Å². The summed E-state index contributed by atoms with van der Waals surface area (Å²) in [4.78, 5) is 2.22. The fourth-order valence-electron chi connectivity index (χ4n) is 1.43. The molecule has 10 heavy (non-hydrogen) atoms. The molecule has 1 rings (SSSR count). The highest BCUT2D eigenvalue weighted by Crippen LogP contribution is 2.23. The van der Waals surface area contributed by atoms with E-state index >= 15 is 0 Å². The van der Waals surface area contributed by atoms with Crippen LogP contribution in [0, 0.1) is 0 Å². The minimum absolute atomic E-state index is 0.125. The van der Waals surface area contributed by atoms with E-state index < -0.39 is 0 Å². The van der Waals surface area contributed by atoms with E-state index in [9.17, 15) is 0 Å². The second kappa shape index (κ2) is 3.10. The Bertz CT molecular complexity index is 100. The van der Waals surface area contributed by atoms with Crippen molar-refractivity contribution in [2.24, 2.45) is 0 Å². The van der Waals surface area contributed by atoms with Crippen molar-refractivity contribution in [3.8, 4) is 0 Å². The summed E-state index contributed by atoms with van der Waals surface area (Å²) in [6, 6.07) is 0. The summed E-state index contributed by atoms with van der Waals surface area (Å²) in [5, 5.41) is 0. The minimum Gasteiger partial charge on any atom is -0.285 e. The molecule has 1 heterocycles. The van der Waals surface area contributed by atoms with E-state index in [-0.39, 0.29) is 5.00 Å². The van der Waals surface area contributed by atoms with Crippen LogP contribution in [0.2, 0.25) is 0 Å². The fourth-order valence-corrected chi connectivity index (χ4v) is 1.59. The Morgan fingerprint density at radius 1 is 1.10 bits per heavy atom. The van der Waals surface area contributed by atoms with Crippen molar-refractivity contribution >= 4 is 11.6 Å². The summed E-state index contributed by atoms with van der Waals surface area (Å²) in [5.41, 5.74) is 0. The molecule has 0 aromatic rings. The Morgan fingerprint density at radius 2 is 1.60 bits per heavy atom. The Morgan fingerprint density at radius 3 is 1.90 bits per heavy atom. The van der Waals surface area contributed by atoms with E-state index in [0.29, 0.717) is 0 Å². The maximum absolute atomic E-state index is 6.14. The van der Waals surface area contributed by atoms with Gasteiger partial charge in [0, 0.05) is 0 Å². The lowest BCUT2D eigenvalue weighted by Gasteiger charge is -2.36. The van der Waals surface area contributed by atoms with Crippen LogP contribution in [0.3, 0.4) is 0 Å². The second-order valence-electron chi connectivity index (χ2n) is 3.46. The van der Waals surface area contributed by atoms with Crippen molar-refractivity contribution in [3.63, 3.8) is 0 Å². The van der Waals surface area contributed by atoms with Crippen LogP contribution in [0.1, 0.15) is 33.1 Å². The van der Waals surface area contributed by atoms with E-state index in [1.165, 1.54) is 32.4 Å². The van der Waals surface area contributed by atoms with Gasteiger partial charge in [-0.15, -0.1) is 11.6 Å². The van der Waals surface area contributed by atoms with Crippen molar-refractivity contribution in [1.82, 2.24) is 4.90 Å². The Kier molecular flexibility index (Phi) is 2.59. The van der Waals surface area contributed by atoms with Gasteiger partial charge in [0.2, 0.25) is 0 Å². The molecule has 0 aromatic carbocycles. The van der Waals surface area contributed by atoms with Gasteiger partial charge in [0.25, 0.3) is 0 Å². The summed E-state index contributed by atoms with van der Waals surface area (Å²) in [5.74, 6) is 0. The molecule has 1 fully saturated rings. The van der Waals surface area contributed by atoms with Gasteiger partial charge in [0.1, 0.15) is 0 Å². The van der Waals surface area contributed by atoms with Gasteiger partial charge in [-0.1, -0.05) is 6.42 Å². The molecule has 0 aromatic heterocycles. The Labute approximate surface area is 68.4 Å². The molecule has 1 aliphatic rings. The molecule has 0 atom stereocenters. The molecule has 0 amide bonds. The zero-order chi connectivity index (χ0) is 7.61. The van der Waals surface area contributed by atoms with Crippen LogP contribution < -0.4 is 0 Å². The average Bonchev–Trinajstić information content (AvgIpc) is 1.88. The first-order chi connectivity index (χ1) is 4.61. The highest BCUT2D eigenvalue weighted by Gasteiger charge is 2.24. The third-order valence-corrected chi connectivity index (χ3v) is 2.35. The summed E-state index contributed by atoms with van der Waals surface area (Å²) in [6.45, 7) is 6.49. The molecule has 0 unspecified atom stereocenters. The highest BCUT2D eigenvalue weighted by atomic mass is 35.5. The lowest BCUT2D eigenvalue weighted by atomic mass is 10.1. The van der Waals surface area contributed by atoms with Crippen LogP contribution in [-0.2, 0) is 0 Å². The third kappa shape index (κ3) is 2.14. The van der Waals surface area contributed by atoms with E-state index in [2.05, 4.69) is 18.7 Å². The van der Waals surface area contributed by atoms with Gasteiger partial charge in [-0.05, 0) is 39.8 Å². The number of alkyl halides is 1. The van der Waals surface area contributed by atoms with Gasteiger partial charge >= 0.3 is 0 Å². The van der Waals surface area contributed by atoms with Crippen LogP contribution >= 0.6 is 11.6 Å². The van der Waals surface area contributed by atoms with Crippen LogP contribution in [0.4, 0.5) is 0 Å². The quantitative estimate of drug-likeness (QED) is 0.422. The number of piperidine rings is 1. The minimum atomic E-state index is -0.125. The molecule has 2 heteroatoms. The molecular weight excluding hydrogens is 146 g/mol. The van der Waals surface area contributed by atoms with Crippen molar-refractivity contribution in [2.75, 3.05) is 13.1 Å². The molecule has 1 aliphatic heterocycles. The van der Waals surface area contributed by atoms with Gasteiger partial charge in [-0.25, -0.2) is 0 Å². The Hall–Kier alpha value is 0.250. The zero-order valence-electron chi connectivity index (χ0n) is 6.86. The average molecular weight is 162 g/mol. The number of halogens is 1. The molecular formula is C8H16ClN. The van der Waals surface area contributed by atoms with E-state index in [4.69, 9.17) is 11.6 Å². The van der Waals surface area contributed by atoms with Crippen LogP contribution in [0.15, 0.2) is 0 Å². The topological polar surface area (TPSA) is 3.24 Å². The van der Waals surface area contributed by atoms with Crippen LogP contribution in [0.5, 0.6) is 0 Å². The third-order valence-electron chi connectivity index (χ3n) is 2.11. The van der Waals surface area contributed by atoms with Crippen LogP contribution in [-0.4, -0.2) is 23.0 Å². The fraction of sp³-hybridized carbons (Fsp3) is 1.00. The van der Waals surface area contributed by atoms with Crippen molar-refractivity contribution in [1.29, 1.82) is 0 Å². The summed E-state index contributed by atoms with van der Waals surface area (Å²) < 4.78 is 0. The second-order valence-corrected chi connectivity index (χ2v) is 4.38. The number of hydrogen-bond donors (Lipinski definition) is 0. The molecule has 0 saturated carbocycles. The van der Waals surface area contributed by atoms with Gasteiger partial charge in [0.15, 0.2) is 0 Å². The summed E-state index contributed by atoms with van der Waals surface area (Å²) in [6.07, 6.45) is 4.01. The number of hydrogen-bond acceptors (Lipinski definition) is 1. The first kappa shape index (κ1) is 8.35. The standard InChI is InChI=1S/C8H16ClN/c1-8(2,9)10-6-4-3-5-7-10/h3-7H2,1-2H3. The normalized spacial score (nSPS) is 23.1. The molecule has 1 nitrogen and oxygen atoms in total. The number of rotatable bonds is 1. The lowest BCUT2D eigenvalue weighted by Crippen LogP contribution is -2.42. The van der Waals surface area contributed by atoms with Crippen molar-refractivity contribution in [3.05, 3.63) is 0 Å². The number of likely N-dealkylation sites (tertiary alicyclic amines) is 1. The summed E-state index contributed by atoms with van der Waals surface area (Å²) in [7, 11) is 0. The maximum Gasteiger partial charge on any atom is 0.0903 e. The SMILES string of the molecule is CC(C)(Cl)N1CCCCC1. The molecule has 0 N–H and O–H groups in total. The largest absolute Gasteiger partial charge is 0.285 e. The molecule has 0 bridgehead atoms. The van der Waals surface area contributed by atoms with Gasteiger partial charge < -0.3 is 0 Å². The Balaban J connectivity index is 2.39. The first-order valence-corrected chi connectivity index (χ1v) is 4.42. The maximum atomic E-state index is 6.14. The van der Waals surface area contributed by atoms with Crippen LogP contribution in [0.25, 0.3) is 0 Å². The van der Waals surface area contributed by atoms with Gasteiger partial charge in [-0.2, -0.15) is 0 Å². The lowest BCUT2D eigenvalue weighted by molar-refractivity contribution is 0.157. The summed E-state index contributed by atoms with van der Waals surface area (Å²) >= 11 is 6.14. The predicted octanol–water partition coefficient (Wildman–Crippen LogP) is 2.45.